The van der Waals surface area contributed by atoms with E-state index in [4.69, 9.17) is 4.74 Å². The van der Waals surface area contributed by atoms with E-state index in [1.165, 1.54) is 12.1 Å². The molecule has 0 radical (unpaired) electrons. The first kappa shape index (κ1) is 18.4. The number of fused-ring (bicyclic) bond motifs is 1. The fraction of sp³-hybridized carbons (Fsp3) is 0.316. The molecule has 26 heavy (non-hydrogen) atoms. The Bertz CT molecular complexity index is 894. The first-order chi connectivity index (χ1) is 12.4. The normalized spacial score (nSPS) is 16.4. The summed E-state index contributed by atoms with van der Waals surface area (Å²) in [6.45, 7) is 4.04. The summed E-state index contributed by atoms with van der Waals surface area (Å²) < 4.78 is 32.6. The topological polar surface area (TPSA) is 75.7 Å². The van der Waals surface area contributed by atoms with Gasteiger partial charge in [-0.3, -0.25) is 4.79 Å². The zero-order valence-electron chi connectivity index (χ0n) is 14.8. The molecule has 1 unspecified atom stereocenters. The van der Waals surface area contributed by atoms with Crippen molar-refractivity contribution in [1.82, 2.24) is 4.72 Å². The van der Waals surface area contributed by atoms with Crippen LogP contribution in [0.25, 0.3) is 0 Å². The number of hydrogen-bond donors (Lipinski definition) is 1. The van der Waals surface area contributed by atoms with Crippen LogP contribution in [0.3, 0.4) is 0 Å². The highest BCUT2D eigenvalue weighted by atomic mass is 32.2. The second-order valence-corrected chi connectivity index (χ2v) is 7.94. The third kappa shape index (κ3) is 3.73. The lowest BCUT2D eigenvalue weighted by Crippen LogP contribution is -2.43. The van der Waals surface area contributed by atoms with Gasteiger partial charge in [-0.1, -0.05) is 18.2 Å². The quantitative estimate of drug-likeness (QED) is 0.842. The molecule has 1 aliphatic rings. The first-order valence-corrected chi connectivity index (χ1v) is 10.0. The van der Waals surface area contributed by atoms with Gasteiger partial charge in [-0.15, -0.1) is 0 Å². The SMILES string of the molecule is CCOc1ccc(S(=O)(=O)NCC(=O)N2c3ccccc3CC2C)cc1. The molecule has 0 aromatic heterocycles. The number of amides is 1. The molecule has 2 aromatic rings. The fourth-order valence-electron chi connectivity index (χ4n) is 3.15. The van der Waals surface area contributed by atoms with Crippen molar-refractivity contribution in [2.45, 2.75) is 31.2 Å². The fourth-order valence-corrected chi connectivity index (χ4v) is 4.13. The first-order valence-electron chi connectivity index (χ1n) is 8.55. The zero-order valence-corrected chi connectivity index (χ0v) is 15.6. The third-order valence-electron chi connectivity index (χ3n) is 4.33. The molecular weight excluding hydrogens is 352 g/mol. The number of anilines is 1. The minimum absolute atomic E-state index is 0.00915. The minimum Gasteiger partial charge on any atom is -0.494 e. The number of rotatable bonds is 6. The number of hydrogen-bond acceptors (Lipinski definition) is 4. The van der Waals surface area contributed by atoms with Crippen LogP contribution in [0.15, 0.2) is 53.4 Å². The summed E-state index contributed by atoms with van der Waals surface area (Å²) in [6.07, 6.45) is 0.771. The second-order valence-electron chi connectivity index (χ2n) is 6.17. The largest absolute Gasteiger partial charge is 0.494 e. The number of nitrogens with one attached hydrogen (secondary N) is 1. The van der Waals surface area contributed by atoms with Crippen LogP contribution in [0, 0.1) is 0 Å². The number of para-hydroxylation sites is 1. The molecule has 0 bridgehead atoms. The van der Waals surface area contributed by atoms with E-state index < -0.39 is 10.0 Å². The predicted molar refractivity (Wildman–Crippen MR) is 99.9 cm³/mol. The lowest BCUT2D eigenvalue weighted by atomic mass is 10.1. The molecule has 0 saturated heterocycles. The van der Waals surface area contributed by atoms with Gasteiger partial charge in [-0.2, -0.15) is 0 Å². The van der Waals surface area contributed by atoms with Gasteiger partial charge in [-0.25, -0.2) is 13.1 Å². The van der Waals surface area contributed by atoms with Gasteiger partial charge in [0.15, 0.2) is 0 Å². The highest BCUT2D eigenvalue weighted by molar-refractivity contribution is 7.89. The van der Waals surface area contributed by atoms with E-state index in [0.717, 1.165) is 17.7 Å². The lowest BCUT2D eigenvalue weighted by molar-refractivity contribution is -0.117. The Balaban J connectivity index is 1.69. The molecule has 1 atom stereocenters. The molecule has 7 heteroatoms. The van der Waals surface area contributed by atoms with E-state index in [9.17, 15) is 13.2 Å². The van der Waals surface area contributed by atoms with E-state index in [0.29, 0.717) is 12.4 Å². The van der Waals surface area contributed by atoms with Gasteiger partial charge >= 0.3 is 0 Å². The molecule has 3 rings (SSSR count). The number of nitrogens with zero attached hydrogens (tertiary/aromatic N) is 1. The maximum Gasteiger partial charge on any atom is 0.242 e. The van der Waals surface area contributed by atoms with Crippen molar-refractivity contribution in [2.24, 2.45) is 0 Å². The number of sulfonamides is 1. The highest BCUT2D eigenvalue weighted by Gasteiger charge is 2.31. The molecule has 2 aromatic carbocycles. The monoisotopic (exact) mass is 374 g/mol. The summed E-state index contributed by atoms with van der Waals surface area (Å²) in [4.78, 5) is 14.4. The van der Waals surface area contributed by atoms with Crippen molar-refractivity contribution in [3.05, 3.63) is 54.1 Å². The van der Waals surface area contributed by atoms with E-state index in [2.05, 4.69) is 4.72 Å². The van der Waals surface area contributed by atoms with E-state index in [1.807, 2.05) is 38.1 Å². The molecule has 6 nitrogen and oxygen atoms in total. The molecule has 0 aliphatic carbocycles. The average molecular weight is 374 g/mol. The van der Waals surface area contributed by atoms with Gasteiger partial charge in [0.25, 0.3) is 0 Å². The molecule has 0 fully saturated rings. The molecule has 1 amide bonds. The summed E-state index contributed by atoms with van der Waals surface area (Å²) in [5.74, 6) is 0.335. The Morgan fingerprint density at radius 1 is 1.19 bits per heavy atom. The summed E-state index contributed by atoms with van der Waals surface area (Å²) in [5, 5.41) is 0. The van der Waals surface area contributed by atoms with Crippen LogP contribution in [0.5, 0.6) is 5.75 Å². The standard InChI is InChI=1S/C19H22N2O4S/c1-3-25-16-8-10-17(11-9-16)26(23,24)20-13-19(22)21-14(2)12-15-6-4-5-7-18(15)21/h4-11,14,20H,3,12-13H2,1-2H3. The average Bonchev–Trinajstić information content (AvgIpc) is 2.96. The number of carbonyl (C=O) groups is 1. The predicted octanol–water partition coefficient (Wildman–Crippen LogP) is 2.34. The van der Waals surface area contributed by atoms with Crippen molar-refractivity contribution in [2.75, 3.05) is 18.1 Å². The van der Waals surface area contributed by atoms with Crippen LogP contribution in [0.4, 0.5) is 5.69 Å². The Morgan fingerprint density at radius 3 is 2.58 bits per heavy atom. The van der Waals surface area contributed by atoms with E-state index in [-0.39, 0.29) is 23.4 Å². The van der Waals surface area contributed by atoms with Crippen LogP contribution < -0.4 is 14.4 Å². The number of benzene rings is 2. The highest BCUT2D eigenvalue weighted by Crippen LogP contribution is 2.31. The third-order valence-corrected chi connectivity index (χ3v) is 5.75. The molecule has 138 valence electrons. The smallest absolute Gasteiger partial charge is 0.242 e. The molecule has 1 aliphatic heterocycles. The number of ether oxygens (including phenoxy) is 1. The van der Waals surface area contributed by atoms with Crippen molar-refractivity contribution < 1.29 is 17.9 Å². The summed E-state index contributed by atoms with van der Waals surface area (Å²) in [5.41, 5.74) is 1.95. The van der Waals surface area contributed by atoms with Gasteiger partial charge in [0.2, 0.25) is 15.9 Å². The molecule has 1 N–H and O–H groups in total. The minimum atomic E-state index is -3.76. The van der Waals surface area contributed by atoms with Gasteiger partial charge in [0, 0.05) is 11.7 Å². The second kappa shape index (κ2) is 7.47. The molecular formula is C19H22N2O4S. The summed E-state index contributed by atoms with van der Waals surface area (Å²) >= 11 is 0. The van der Waals surface area contributed by atoms with Gasteiger partial charge < -0.3 is 9.64 Å². The van der Waals surface area contributed by atoms with Gasteiger partial charge in [-0.05, 0) is 56.2 Å². The van der Waals surface area contributed by atoms with E-state index >= 15 is 0 Å². The summed E-state index contributed by atoms with van der Waals surface area (Å²) in [7, 11) is -3.76. The molecule has 1 heterocycles. The Kier molecular flexibility index (Phi) is 5.29. The van der Waals surface area contributed by atoms with Crippen LogP contribution in [-0.2, 0) is 21.2 Å². The van der Waals surface area contributed by atoms with Gasteiger partial charge in [0.1, 0.15) is 5.75 Å². The summed E-state index contributed by atoms with van der Waals surface area (Å²) in [6, 6.07) is 13.8. The van der Waals surface area contributed by atoms with Crippen molar-refractivity contribution in [3.8, 4) is 5.75 Å². The molecule has 0 saturated carbocycles. The van der Waals surface area contributed by atoms with Crippen LogP contribution in [0.2, 0.25) is 0 Å². The van der Waals surface area contributed by atoms with Gasteiger partial charge in [0.05, 0.1) is 18.0 Å². The maximum atomic E-state index is 12.6. The van der Waals surface area contributed by atoms with Crippen LogP contribution in [-0.4, -0.2) is 33.5 Å². The Hall–Kier alpha value is -2.38. The Morgan fingerprint density at radius 2 is 1.88 bits per heavy atom. The van der Waals surface area contributed by atoms with Crippen LogP contribution in [0.1, 0.15) is 19.4 Å². The Labute approximate surface area is 153 Å². The van der Waals surface area contributed by atoms with Crippen molar-refractivity contribution in [3.63, 3.8) is 0 Å². The number of carbonyl (C=O) groups excluding carboxylic acids is 1. The van der Waals surface area contributed by atoms with E-state index in [1.54, 1.807) is 17.0 Å². The zero-order chi connectivity index (χ0) is 18.7. The van der Waals surface area contributed by atoms with Crippen molar-refractivity contribution >= 4 is 21.6 Å². The van der Waals surface area contributed by atoms with Crippen LogP contribution >= 0.6 is 0 Å². The lowest BCUT2D eigenvalue weighted by Gasteiger charge is -2.23. The maximum absolute atomic E-state index is 12.6. The van der Waals surface area contributed by atoms with Crippen molar-refractivity contribution in [1.29, 1.82) is 0 Å². The molecule has 0 spiro atoms.